The van der Waals surface area contributed by atoms with Crippen LogP contribution in [0.15, 0.2) is 12.3 Å². The van der Waals surface area contributed by atoms with E-state index in [0.717, 1.165) is 25.0 Å². The van der Waals surface area contributed by atoms with Gasteiger partial charge in [0.2, 0.25) is 0 Å². The van der Waals surface area contributed by atoms with Gasteiger partial charge in [0, 0.05) is 17.9 Å². The normalized spacial score (nSPS) is 26.4. The standard InChI is InChI=1S/C10H15N3O/c1-7-5-6-12-10(13-7)14-9-4-2-3-8(9)11/h5-6,8-9H,2-4,11H2,1H3. The highest BCUT2D eigenvalue weighted by Gasteiger charge is 2.26. The Labute approximate surface area is 83.5 Å². The first-order chi connectivity index (χ1) is 6.75. The van der Waals surface area contributed by atoms with Crippen molar-refractivity contribution in [2.45, 2.75) is 38.3 Å². The maximum absolute atomic E-state index is 5.88. The van der Waals surface area contributed by atoms with Gasteiger partial charge in [0.1, 0.15) is 6.10 Å². The summed E-state index contributed by atoms with van der Waals surface area (Å²) in [6.45, 7) is 1.92. The summed E-state index contributed by atoms with van der Waals surface area (Å²) in [4.78, 5) is 8.23. The number of aryl methyl sites for hydroxylation is 1. The van der Waals surface area contributed by atoms with Crippen molar-refractivity contribution in [1.82, 2.24) is 9.97 Å². The van der Waals surface area contributed by atoms with Gasteiger partial charge in [-0.1, -0.05) is 0 Å². The van der Waals surface area contributed by atoms with Gasteiger partial charge in [0.15, 0.2) is 0 Å². The molecule has 0 spiro atoms. The van der Waals surface area contributed by atoms with Crippen molar-refractivity contribution in [1.29, 1.82) is 0 Å². The zero-order valence-corrected chi connectivity index (χ0v) is 8.31. The van der Waals surface area contributed by atoms with Crippen molar-refractivity contribution in [2.24, 2.45) is 5.73 Å². The maximum Gasteiger partial charge on any atom is 0.316 e. The van der Waals surface area contributed by atoms with Crippen molar-refractivity contribution in [2.75, 3.05) is 0 Å². The van der Waals surface area contributed by atoms with Gasteiger partial charge in [-0.05, 0) is 32.3 Å². The van der Waals surface area contributed by atoms with Crippen LogP contribution in [0.2, 0.25) is 0 Å². The fraction of sp³-hybridized carbons (Fsp3) is 0.600. The second kappa shape index (κ2) is 3.92. The van der Waals surface area contributed by atoms with Crippen molar-refractivity contribution in [3.05, 3.63) is 18.0 Å². The van der Waals surface area contributed by atoms with Crippen molar-refractivity contribution in [3.63, 3.8) is 0 Å². The summed E-state index contributed by atoms with van der Waals surface area (Å²) in [7, 11) is 0. The molecule has 0 aliphatic heterocycles. The van der Waals surface area contributed by atoms with Crippen LogP contribution in [0.4, 0.5) is 0 Å². The van der Waals surface area contributed by atoms with Gasteiger partial charge >= 0.3 is 6.01 Å². The topological polar surface area (TPSA) is 61.0 Å². The molecule has 1 aliphatic rings. The van der Waals surface area contributed by atoms with Crippen LogP contribution >= 0.6 is 0 Å². The summed E-state index contributed by atoms with van der Waals surface area (Å²) in [6.07, 6.45) is 4.99. The molecule has 1 aromatic rings. The van der Waals surface area contributed by atoms with Gasteiger partial charge in [-0.3, -0.25) is 0 Å². The Kier molecular flexibility index (Phi) is 2.63. The number of nitrogens with two attached hydrogens (primary N) is 1. The minimum atomic E-state index is 0.0943. The van der Waals surface area contributed by atoms with Crippen molar-refractivity contribution < 1.29 is 4.74 Å². The third-order valence-electron chi connectivity index (χ3n) is 2.53. The zero-order chi connectivity index (χ0) is 9.97. The Morgan fingerprint density at radius 3 is 3.00 bits per heavy atom. The summed E-state index contributed by atoms with van der Waals surface area (Å²) in [6, 6.07) is 2.44. The minimum Gasteiger partial charge on any atom is -0.458 e. The Morgan fingerprint density at radius 1 is 1.50 bits per heavy atom. The van der Waals surface area contributed by atoms with Crippen LogP contribution in [0.3, 0.4) is 0 Å². The van der Waals surface area contributed by atoms with Crippen LogP contribution in [0.1, 0.15) is 25.0 Å². The van der Waals surface area contributed by atoms with E-state index in [4.69, 9.17) is 10.5 Å². The molecule has 4 nitrogen and oxygen atoms in total. The van der Waals surface area contributed by atoms with E-state index >= 15 is 0 Å². The molecule has 1 fully saturated rings. The smallest absolute Gasteiger partial charge is 0.316 e. The van der Waals surface area contributed by atoms with Crippen LogP contribution in [-0.4, -0.2) is 22.1 Å². The lowest BCUT2D eigenvalue weighted by Gasteiger charge is -2.15. The number of hydrogen-bond acceptors (Lipinski definition) is 4. The van der Waals surface area contributed by atoms with E-state index in [9.17, 15) is 0 Å². The van der Waals surface area contributed by atoms with Crippen LogP contribution in [0, 0.1) is 6.92 Å². The van der Waals surface area contributed by atoms with Crippen LogP contribution < -0.4 is 10.5 Å². The second-order valence-corrected chi connectivity index (χ2v) is 3.73. The highest BCUT2D eigenvalue weighted by Crippen LogP contribution is 2.21. The van der Waals surface area contributed by atoms with Gasteiger partial charge in [0.25, 0.3) is 0 Å². The summed E-state index contributed by atoms with van der Waals surface area (Å²) in [5, 5.41) is 0. The molecule has 1 saturated carbocycles. The SMILES string of the molecule is Cc1ccnc(OC2CCCC2N)n1. The average Bonchev–Trinajstić information content (AvgIpc) is 2.52. The molecule has 2 N–H and O–H groups in total. The van der Waals surface area contributed by atoms with Gasteiger partial charge in [-0.2, -0.15) is 0 Å². The molecule has 1 aliphatic carbocycles. The second-order valence-electron chi connectivity index (χ2n) is 3.73. The molecular weight excluding hydrogens is 178 g/mol. The van der Waals surface area contributed by atoms with Crippen LogP contribution in [0.25, 0.3) is 0 Å². The molecular formula is C10H15N3O. The third-order valence-corrected chi connectivity index (χ3v) is 2.53. The zero-order valence-electron chi connectivity index (χ0n) is 8.31. The predicted octanol–water partition coefficient (Wildman–Crippen LogP) is 1.04. The van der Waals surface area contributed by atoms with Gasteiger partial charge in [0.05, 0.1) is 0 Å². The minimum absolute atomic E-state index is 0.0943. The van der Waals surface area contributed by atoms with E-state index in [1.54, 1.807) is 6.20 Å². The lowest BCUT2D eigenvalue weighted by Crippen LogP contribution is -2.34. The summed E-state index contributed by atoms with van der Waals surface area (Å²) < 4.78 is 5.62. The number of ether oxygens (including phenoxy) is 1. The van der Waals surface area contributed by atoms with Crippen LogP contribution in [0.5, 0.6) is 6.01 Å². The highest BCUT2D eigenvalue weighted by molar-refractivity contribution is 5.04. The Morgan fingerprint density at radius 2 is 2.36 bits per heavy atom. The molecule has 1 aromatic heterocycles. The molecule has 2 atom stereocenters. The third kappa shape index (κ3) is 2.01. The first-order valence-corrected chi connectivity index (χ1v) is 4.97. The monoisotopic (exact) mass is 193 g/mol. The van der Waals surface area contributed by atoms with Crippen LogP contribution in [-0.2, 0) is 0 Å². The van der Waals surface area contributed by atoms with E-state index in [1.165, 1.54) is 0 Å². The van der Waals surface area contributed by atoms with E-state index in [2.05, 4.69) is 9.97 Å². The van der Waals surface area contributed by atoms with Gasteiger partial charge in [-0.15, -0.1) is 0 Å². The highest BCUT2D eigenvalue weighted by atomic mass is 16.5. The average molecular weight is 193 g/mol. The molecule has 4 heteroatoms. The molecule has 1 heterocycles. The molecule has 0 radical (unpaired) electrons. The molecule has 0 amide bonds. The lowest BCUT2D eigenvalue weighted by atomic mass is 10.2. The Hall–Kier alpha value is -1.16. The fourth-order valence-electron chi connectivity index (χ4n) is 1.72. The maximum atomic E-state index is 5.88. The number of hydrogen-bond donors (Lipinski definition) is 1. The molecule has 0 saturated heterocycles. The molecule has 0 aromatic carbocycles. The first kappa shape index (κ1) is 9.40. The summed E-state index contributed by atoms with van der Waals surface area (Å²) >= 11 is 0. The molecule has 2 rings (SSSR count). The fourth-order valence-corrected chi connectivity index (χ4v) is 1.72. The molecule has 2 unspecified atom stereocenters. The van der Waals surface area contributed by atoms with E-state index in [-0.39, 0.29) is 12.1 Å². The van der Waals surface area contributed by atoms with Gasteiger partial charge < -0.3 is 10.5 Å². The van der Waals surface area contributed by atoms with E-state index < -0.39 is 0 Å². The van der Waals surface area contributed by atoms with Crippen molar-refractivity contribution in [3.8, 4) is 6.01 Å². The van der Waals surface area contributed by atoms with E-state index in [1.807, 2.05) is 13.0 Å². The first-order valence-electron chi connectivity index (χ1n) is 4.97. The van der Waals surface area contributed by atoms with Crippen molar-refractivity contribution >= 4 is 0 Å². The number of aromatic nitrogens is 2. The Balaban J connectivity index is 2.03. The summed E-state index contributed by atoms with van der Waals surface area (Å²) in [5.74, 6) is 0. The lowest BCUT2D eigenvalue weighted by molar-refractivity contribution is 0.175. The summed E-state index contributed by atoms with van der Waals surface area (Å²) in [5.41, 5.74) is 6.80. The van der Waals surface area contributed by atoms with Gasteiger partial charge in [-0.25, -0.2) is 9.97 Å². The largest absolute Gasteiger partial charge is 0.458 e. The number of nitrogens with zero attached hydrogens (tertiary/aromatic N) is 2. The van der Waals surface area contributed by atoms with E-state index in [0.29, 0.717) is 6.01 Å². The molecule has 14 heavy (non-hydrogen) atoms. The molecule has 76 valence electrons. The predicted molar refractivity (Wildman–Crippen MR) is 53.0 cm³/mol. The quantitative estimate of drug-likeness (QED) is 0.762. The molecule has 0 bridgehead atoms. The number of rotatable bonds is 2. The Bertz CT molecular complexity index is 316.